The average molecular weight is 157 g/mol. The second-order valence-electron chi connectivity index (χ2n) is 3.01. The molecule has 12 heavy (non-hydrogen) atoms. The molecule has 1 aromatic heterocycles. The minimum absolute atomic E-state index is 1.17. The zero-order chi connectivity index (χ0) is 8.55. The van der Waals surface area contributed by atoms with Crippen molar-refractivity contribution in [1.82, 2.24) is 0 Å². The molecule has 0 fully saturated rings. The molecule has 0 spiro atoms. The number of aryl methyl sites for hydroxylation is 1. The Kier molecular flexibility index (Phi) is 1.58. The van der Waals surface area contributed by atoms with Crippen LogP contribution in [-0.2, 0) is 0 Å². The molecule has 2 aromatic rings. The molecule has 0 aliphatic heterocycles. The minimum Gasteiger partial charge on any atom is -0.195 e. The lowest BCUT2D eigenvalue weighted by Gasteiger charge is -1.96. The molecule has 0 amide bonds. The smallest absolute Gasteiger partial charge is 0.195 e. The Labute approximate surface area is 72.3 Å². The van der Waals surface area contributed by atoms with Gasteiger partial charge in [-0.25, -0.2) is 0 Å². The highest BCUT2D eigenvalue weighted by Crippen LogP contribution is 2.11. The summed E-state index contributed by atoms with van der Waals surface area (Å²) in [6, 6.07) is 10.4. The van der Waals surface area contributed by atoms with E-state index in [-0.39, 0.29) is 0 Å². The molecule has 1 radical (unpaired) electrons. The second-order valence-corrected chi connectivity index (χ2v) is 3.01. The summed E-state index contributed by atoms with van der Waals surface area (Å²) in [6.07, 6.45) is 2.05. The number of rotatable bonds is 0. The normalized spacial score (nSPS) is 10.5. The predicted molar refractivity (Wildman–Crippen MR) is 49.6 cm³/mol. The van der Waals surface area contributed by atoms with Gasteiger partial charge in [0.05, 0.1) is 0 Å². The van der Waals surface area contributed by atoms with E-state index in [0.29, 0.717) is 0 Å². The van der Waals surface area contributed by atoms with Gasteiger partial charge in [-0.1, -0.05) is 18.2 Å². The summed E-state index contributed by atoms with van der Waals surface area (Å²) in [5, 5.41) is 2.51. The Balaban J connectivity index is 2.84. The third-order valence-corrected chi connectivity index (χ3v) is 2.11. The zero-order valence-electron chi connectivity index (χ0n) is 7.12. The van der Waals surface area contributed by atoms with E-state index in [0.717, 1.165) is 0 Å². The van der Waals surface area contributed by atoms with Gasteiger partial charge in [-0.2, -0.15) is 4.57 Å². The van der Waals surface area contributed by atoms with E-state index in [4.69, 9.17) is 0 Å². The monoisotopic (exact) mass is 157 g/mol. The molecule has 0 aliphatic rings. The highest BCUT2D eigenvalue weighted by molar-refractivity contribution is 5.80. The van der Waals surface area contributed by atoms with Crippen LogP contribution >= 0.6 is 0 Å². The lowest BCUT2D eigenvalue weighted by Crippen LogP contribution is -2.28. The molecule has 2 rings (SSSR count). The predicted octanol–water partition coefficient (Wildman–Crippen LogP) is 2.08. The van der Waals surface area contributed by atoms with E-state index in [1.54, 1.807) is 0 Å². The summed E-state index contributed by atoms with van der Waals surface area (Å²) in [5.74, 6) is 0. The maximum atomic E-state index is 3.89. The first-order valence-corrected chi connectivity index (χ1v) is 3.99. The molecule has 1 heteroatoms. The molecule has 0 saturated heterocycles. The Hall–Kier alpha value is -1.37. The van der Waals surface area contributed by atoms with Crippen molar-refractivity contribution in [2.24, 2.45) is 0 Å². The number of benzene rings is 1. The summed E-state index contributed by atoms with van der Waals surface area (Å²) in [6.45, 7) is 2.06. The highest BCUT2D eigenvalue weighted by Gasteiger charge is 2.02. The van der Waals surface area contributed by atoms with Crippen LogP contribution in [-0.4, -0.2) is 0 Å². The molecule has 0 saturated carbocycles. The largest absolute Gasteiger partial charge is 0.207 e. The van der Waals surface area contributed by atoms with Crippen LogP contribution in [0.25, 0.3) is 10.8 Å². The van der Waals surface area contributed by atoms with Crippen molar-refractivity contribution in [3.05, 3.63) is 49.3 Å². The Morgan fingerprint density at radius 3 is 2.58 bits per heavy atom. The van der Waals surface area contributed by atoms with E-state index < -0.39 is 0 Å². The number of hydrogen-bond donors (Lipinski definition) is 0. The number of pyridine rings is 1. The number of aromatic nitrogens is 1. The molecule has 0 unspecified atom stereocenters. The van der Waals surface area contributed by atoms with E-state index in [1.165, 1.54) is 16.5 Å². The average Bonchev–Trinajstić information content (AvgIpc) is 2.07. The Morgan fingerprint density at radius 2 is 1.83 bits per heavy atom. The fourth-order valence-corrected chi connectivity index (χ4v) is 1.34. The fourth-order valence-electron chi connectivity index (χ4n) is 1.34. The zero-order valence-corrected chi connectivity index (χ0v) is 7.12. The van der Waals surface area contributed by atoms with Crippen molar-refractivity contribution in [3.63, 3.8) is 0 Å². The third kappa shape index (κ3) is 1.07. The minimum atomic E-state index is 1.17. The van der Waals surface area contributed by atoms with Gasteiger partial charge < -0.3 is 0 Å². The lowest BCUT2D eigenvalue weighted by atomic mass is 10.1. The van der Waals surface area contributed by atoms with Crippen LogP contribution in [0.15, 0.2) is 36.5 Å². The van der Waals surface area contributed by atoms with Crippen LogP contribution in [0.1, 0.15) is 5.69 Å². The Bertz CT molecular complexity index is 378. The van der Waals surface area contributed by atoms with E-state index in [2.05, 4.69) is 38.2 Å². The van der Waals surface area contributed by atoms with Gasteiger partial charge in [0.15, 0.2) is 11.9 Å². The molecule has 0 N–H and O–H groups in total. The molecular formula is C11H11N+. The van der Waals surface area contributed by atoms with Crippen molar-refractivity contribution < 1.29 is 4.57 Å². The van der Waals surface area contributed by atoms with Crippen LogP contribution in [0.5, 0.6) is 0 Å². The van der Waals surface area contributed by atoms with E-state index >= 15 is 0 Å². The van der Waals surface area contributed by atoms with Crippen molar-refractivity contribution in [3.8, 4) is 0 Å². The van der Waals surface area contributed by atoms with Crippen LogP contribution < -0.4 is 4.57 Å². The Morgan fingerprint density at radius 1 is 1.17 bits per heavy atom. The number of fused-ring (bicyclic) bond motifs is 1. The van der Waals surface area contributed by atoms with Crippen molar-refractivity contribution in [2.45, 2.75) is 6.92 Å². The van der Waals surface area contributed by atoms with E-state index in [1.807, 2.05) is 16.8 Å². The van der Waals surface area contributed by atoms with Gasteiger partial charge in [0.2, 0.25) is 7.05 Å². The van der Waals surface area contributed by atoms with Gasteiger partial charge in [-0.3, -0.25) is 0 Å². The van der Waals surface area contributed by atoms with Gasteiger partial charge in [-0.15, -0.1) is 0 Å². The standard InChI is InChI=1S/C11H11N/c1-9-7-10-5-3-4-6-11(10)8-12(9)2/h3-8H,2H2,1H3/q+1. The SMILES string of the molecule is [CH2][n+]1cc2ccccc2cc1C. The van der Waals surface area contributed by atoms with Gasteiger partial charge in [0.25, 0.3) is 0 Å². The first-order valence-electron chi connectivity index (χ1n) is 3.99. The van der Waals surface area contributed by atoms with Crippen molar-refractivity contribution in [1.29, 1.82) is 0 Å². The molecule has 1 nitrogen and oxygen atoms in total. The quantitative estimate of drug-likeness (QED) is 0.515. The van der Waals surface area contributed by atoms with Crippen LogP contribution in [0.4, 0.5) is 0 Å². The number of nitrogens with zero attached hydrogens (tertiary/aromatic N) is 1. The van der Waals surface area contributed by atoms with Crippen molar-refractivity contribution >= 4 is 10.8 Å². The maximum Gasteiger partial charge on any atom is 0.207 e. The van der Waals surface area contributed by atoms with Gasteiger partial charge in [-0.05, 0) is 11.5 Å². The maximum absolute atomic E-state index is 3.89. The summed E-state index contributed by atoms with van der Waals surface area (Å²) in [7, 11) is 3.89. The summed E-state index contributed by atoms with van der Waals surface area (Å²) < 4.78 is 1.89. The van der Waals surface area contributed by atoms with Crippen LogP contribution in [0.3, 0.4) is 0 Å². The fraction of sp³-hybridized carbons (Fsp3) is 0.0909. The summed E-state index contributed by atoms with van der Waals surface area (Å²) in [5.41, 5.74) is 1.17. The van der Waals surface area contributed by atoms with Crippen LogP contribution in [0, 0.1) is 14.0 Å². The molecule has 0 aliphatic carbocycles. The molecular weight excluding hydrogens is 146 g/mol. The van der Waals surface area contributed by atoms with Gasteiger partial charge in [0.1, 0.15) is 0 Å². The van der Waals surface area contributed by atoms with Crippen LogP contribution in [0.2, 0.25) is 0 Å². The summed E-state index contributed by atoms with van der Waals surface area (Å²) in [4.78, 5) is 0. The van der Waals surface area contributed by atoms with Gasteiger partial charge >= 0.3 is 0 Å². The first kappa shape index (κ1) is 7.29. The van der Waals surface area contributed by atoms with E-state index in [9.17, 15) is 0 Å². The van der Waals surface area contributed by atoms with Crippen molar-refractivity contribution in [2.75, 3.05) is 0 Å². The highest BCUT2D eigenvalue weighted by atomic mass is 14.9. The third-order valence-electron chi connectivity index (χ3n) is 2.11. The lowest BCUT2D eigenvalue weighted by molar-refractivity contribution is -0.617. The molecule has 0 bridgehead atoms. The molecule has 0 atom stereocenters. The summed E-state index contributed by atoms with van der Waals surface area (Å²) >= 11 is 0. The molecule has 1 aromatic carbocycles. The number of hydrogen-bond acceptors (Lipinski definition) is 0. The molecule has 1 heterocycles. The second kappa shape index (κ2) is 2.59. The molecule has 59 valence electrons. The topological polar surface area (TPSA) is 3.88 Å². The first-order chi connectivity index (χ1) is 5.77. The van der Waals surface area contributed by atoms with Gasteiger partial charge in [0, 0.05) is 18.4 Å².